The molecule has 3 N–H and O–H groups in total. The van der Waals surface area contributed by atoms with Crippen molar-refractivity contribution >= 4 is 29.9 Å². The summed E-state index contributed by atoms with van der Waals surface area (Å²) >= 11 is 0. The van der Waals surface area contributed by atoms with Crippen LogP contribution in [-0.4, -0.2) is 43.2 Å². The highest BCUT2D eigenvalue weighted by atomic mass is 127. The predicted octanol–water partition coefficient (Wildman–Crippen LogP) is 2.92. The van der Waals surface area contributed by atoms with E-state index in [0.29, 0.717) is 24.8 Å². The molecule has 0 fully saturated rings. The second-order valence-corrected chi connectivity index (χ2v) is 6.81. The van der Waals surface area contributed by atoms with Gasteiger partial charge in [-0.2, -0.15) is 0 Å². The van der Waals surface area contributed by atoms with Crippen LogP contribution in [0.2, 0.25) is 0 Å². The Labute approximate surface area is 179 Å². The van der Waals surface area contributed by atoms with Crippen LogP contribution in [0.15, 0.2) is 52.1 Å². The second-order valence-electron chi connectivity index (χ2n) is 6.81. The van der Waals surface area contributed by atoms with Crippen LogP contribution in [0, 0.1) is 0 Å². The van der Waals surface area contributed by atoms with Crippen LogP contribution >= 0.6 is 24.0 Å². The van der Waals surface area contributed by atoms with Crippen molar-refractivity contribution in [3.8, 4) is 0 Å². The summed E-state index contributed by atoms with van der Waals surface area (Å²) in [6.07, 6.45) is 1.56. The van der Waals surface area contributed by atoms with Gasteiger partial charge in [0.05, 0.1) is 19.4 Å². The van der Waals surface area contributed by atoms with Crippen LogP contribution in [0.3, 0.4) is 0 Å². The first-order valence-corrected chi connectivity index (χ1v) is 8.92. The molecule has 6 nitrogen and oxygen atoms in total. The normalized spacial score (nSPS) is 13.8. The highest BCUT2D eigenvalue weighted by molar-refractivity contribution is 14.0. The summed E-state index contributed by atoms with van der Waals surface area (Å²) in [5, 5.41) is 17.0. The Balaban J connectivity index is 0.00000364. The number of benzene rings is 1. The van der Waals surface area contributed by atoms with Crippen molar-refractivity contribution in [3.05, 3.63) is 59.5 Å². The molecule has 150 valence electrons. The highest BCUT2D eigenvalue weighted by Gasteiger charge is 2.26. The number of guanidine groups is 1. The summed E-state index contributed by atoms with van der Waals surface area (Å²) in [7, 11) is 4.12. The maximum absolute atomic E-state index is 10.6. The maximum atomic E-state index is 10.6. The quantitative estimate of drug-likeness (QED) is 0.304. The molecule has 1 heterocycles. The average molecular weight is 486 g/mol. The third kappa shape index (κ3) is 7.51. The van der Waals surface area contributed by atoms with Gasteiger partial charge in [-0.3, -0.25) is 0 Å². The van der Waals surface area contributed by atoms with Gasteiger partial charge in [0.2, 0.25) is 0 Å². The predicted molar refractivity (Wildman–Crippen MR) is 120 cm³/mol. The first-order chi connectivity index (χ1) is 12.4. The number of hydrogen-bond donors (Lipinski definition) is 3. The van der Waals surface area contributed by atoms with Gasteiger partial charge in [0.1, 0.15) is 11.4 Å². The first-order valence-electron chi connectivity index (χ1n) is 8.92. The van der Waals surface area contributed by atoms with Crippen molar-refractivity contribution < 1.29 is 9.52 Å². The molecule has 7 heteroatoms. The molecule has 0 saturated heterocycles. The second kappa shape index (κ2) is 11.3. The molecule has 0 bridgehead atoms. The van der Waals surface area contributed by atoms with E-state index in [2.05, 4.69) is 52.8 Å². The molecule has 1 aromatic carbocycles. The lowest BCUT2D eigenvalue weighted by molar-refractivity contribution is 0.0386. The molecular weight excluding hydrogens is 455 g/mol. The van der Waals surface area contributed by atoms with E-state index in [1.54, 1.807) is 25.3 Å². The fourth-order valence-corrected chi connectivity index (χ4v) is 2.64. The molecule has 1 atom stereocenters. The Morgan fingerprint density at radius 1 is 1.15 bits per heavy atom. The topological polar surface area (TPSA) is 73.0 Å². The van der Waals surface area contributed by atoms with Crippen LogP contribution in [-0.2, 0) is 18.7 Å². The van der Waals surface area contributed by atoms with Gasteiger partial charge in [-0.25, -0.2) is 4.99 Å². The van der Waals surface area contributed by atoms with Gasteiger partial charge in [0, 0.05) is 13.1 Å². The SMILES string of the molecule is CCNC(=NCc1ccccc1CN(C)C)NCC(C)(O)c1ccco1.I. The Morgan fingerprint density at radius 3 is 2.44 bits per heavy atom. The smallest absolute Gasteiger partial charge is 0.191 e. The summed E-state index contributed by atoms with van der Waals surface area (Å²) in [5.74, 6) is 1.19. The Bertz CT molecular complexity index is 700. The van der Waals surface area contributed by atoms with E-state index in [1.165, 1.54) is 11.1 Å². The number of aliphatic hydroxyl groups is 1. The van der Waals surface area contributed by atoms with E-state index in [-0.39, 0.29) is 24.0 Å². The molecular formula is C20H31IN4O2. The molecule has 0 spiro atoms. The van der Waals surface area contributed by atoms with Crippen molar-refractivity contribution in [2.75, 3.05) is 27.2 Å². The largest absolute Gasteiger partial charge is 0.466 e. The summed E-state index contributed by atoms with van der Waals surface area (Å²) in [4.78, 5) is 6.82. The van der Waals surface area contributed by atoms with Gasteiger partial charge in [0.15, 0.2) is 5.96 Å². The fourth-order valence-electron chi connectivity index (χ4n) is 2.64. The third-order valence-electron chi connectivity index (χ3n) is 4.01. The van der Waals surface area contributed by atoms with Crippen molar-refractivity contribution in [2.45, 2.75) is 32.5 Å². The maximum Gasteiger partial charge on any atom is 0.191 e. The minimum absolute atomic E-state index is 0. The van der Waals surface area contributed by atoms with Crippen molar-refractivity contribution in [3.63, 3.8) is 0 Å². The van der Waals surface area contributed by atoms with E-state index in [0.717, 1.165) is 13.1 Å². The Morgan fingerprint density at radius 2 is 1.85 bits per heavy atom. The fraction of sp³-hybridized carbons (Fsp3) is 0.450. The van der Waals surface area contributed by atoms with Crippen LogP contribution in [0.1, 0.15) is 30.7 Å². The lowest BCUT2D eigenvalue weighted by Gasteiger charge is -2.22. The lowest BCUT2D eigenvalue weighted by Crippen LogP contribution is -2.44. The number of nitrogens with one attached hydrogen (secondary N) is 2. The number of furan rings is 1. The monoisotopic (exact) mass is 486 g/mol. The number of nitrogens with zero attached hydrogens (tertiary/aromatic N) is 2. The standard InChI is InChI=1S/C20H30N4O2.HI/c1-5-21-19(23-15-20(2,25)18-11-8-12-26-18)22-13-16-9-6-7-10-17(16)14-24(3)4;/h6-12,25H,5,13-15H2,1-4H3,(H2,21,22,23);1H. The van der Waals surface area contributed by atoms with E-state index < -0.39 is 5.60 Å². The van der Waals surface area contributed by atoms with Crippen molar-refractivity contribution in [2.24, 2.45) is 4.99 Å². The minimum atomic E-state index is -1.11. The molecule has 0 saturated carbocycles. The molecule has 27 heavy (non-hydrogen) atoms. The Hall–Kier alpha value is -1.58. The zero-order valence-electron chi connectivity index (χ0n) is 16.5. The molecule has 0 radical (unpaired) electrons. The van der Waals surface area contributed by atoms with E-state index >= 15 is 0 Å². The average Bonchev–Trinajstić information content (AvgIpc) is 3.13. The van der Waals surface area contributed by atoms with Crippen molar-refractivity contribution in [1.29, 1.82) is 0 Å². The van der Waals surface area contributed by atoms with Crippen LogP contribution in [0.25, 0.3) is 0 Å². The molecule has 0 aliphatic heterocycles. The van der Waals surface area contributed by atoms with Gasteiger partial charge in [0.25, 0.3) is 0 Å². The Kier molecular flexibility index (Phi) is 9.82. The number of halogens is 1. The highest BCUT2D eigenvalue weighted by Crippen LogP contribution is 2.19. The lowest BCUT2D eigenvalue weighted by atomic mass is 10.0. The zero-order chi connectivity index (χ0) is 19.0. The molecule has 1 aromatic heterocycles. The van der Waals surface area contributed by atoms with Gasteiger partial charge >= 0.3 is 0 Å². The first kappa shape index (κ1) is 23.5. The van der Waals surface area contributed by atoms with Crippen LogP contribution in [0.5, 0.6) is 0 Å². The number of rotatable bonds is 8. The van der Waals surface area contributed by atoms with E-state index in [1.807, 2.05) is 13.0 Å². The summed E-state index contributed by atoms with van der Waals surface area (Å²) in [6.45, 7) is 6.22. The molecule has 0 aliphatic rings. The molecule has 0 amide bonds. The van der Waals surface area contributed by atoms with Gasteiger partial charge in [-0.05, 0) is 51.2 Å². The summed E-state index contributed by atoms with van der Waals surface area (Å²) < 4.78 is 5.32. The summed E-state index contributed by atoms with van der Waals surface area (Å²) in [5.41, 5.74) is 1.35. The van der Waals surface area contributed by atoms with Gasteiger partial charge in [-0.15, -0.1) is 24.0 Å². The molecule has 0 aliphatic carbocycles. The van der Waals surface area contributed by atoms with Crippen LogP contribution < -0.4 is 10.6 Å². The van der Waals surface area contributed by atoms with Gasteiger partial charge < -0.3 is 25.1 Å². The molecule has 2 aromatic rings. The zero-order valence-corrected chi connectivity index (χ0v) is 18.9. The van der Waals surface area contributed by atoms with E-state index in [9.17, 15) is 5.11 Å². The van der Waals surface area contributed by atoms with E-state index in [4.69, 9.17) is 4.42 Å². The molecule has 2 rings (SSSR count). The number of hydrogen-bond acceptors (Lipinski definition) is 4. The number of aliphatic imine (C=N–C) groups is 1. The molecule has 1 unspecified atom stereocenters. The third-order valence-corrected chi connectivity index (χ3v) is 4.01. The van der Waals surface area contributed by atoms with Crippen LogP contribution in [0.4, 0.5) is 0 Å². The van der Waals surface area contributed by atoms with Crippen molar-refractivity contribution in [1.82, 2.24) is 15.5 Å². The minimum Gasteiger partial charge on any atom is -0.466 e. The van der Waals surface area contributed by atoms with Gasteiger partial charge in [-0.1, -0.05) is 24.3 Å². The summed E-state index contributed by atoms with van der Waals surface area (Å²) in [6, 6.07) is 11.9.